The highest BCUT2D eigenvalue weighted by Crippen LogP contribution is 2.09. The van der Waals surface area contributed by atoms with Gasteiger partial charge in [-0.15, -0.1) is 24.0 Å². The zero-order valence-electron chi connectivity index (χ0n) is 14.9. The summed E-state index contributed by atoms with van der Waals surface area (Å²) in [4.78, 5) is 8.79. The Morgan fingerprint density at radius 1 is 1.23 bits per heavy atom. The number of nitrogens with zero attached hydrogens (tertiary/aromatic N) is 3. The van der Waals surface area contributed by atoms with Gasteiger partial charge in [-0.2, -0.15) is 0 Å². The molecule has 0 spiro atoms. The van der Waals surface area contributed by atoms with Crippen molar-refractivity contribution in [1.29, 1.82) is 0 Å². The summed E-state index contributed by atoms with van der Waals surface area (Å²) in [5.74, 6) is 0.532. The van der Waals surface area contributed by atoms with Crippen LogP contribution in [0.25, 0.3) is 5.65 Å². The molecule has 0 aliphatic rings. The number of aliphatic imine (C=N–C) groups is 1. The average molecular weight is 467 g/mol. The van der Waals surface area contributed by atoms with Gasteiger partial charge in [-0.1, -0.05) is 18.2 Å². The Morgan fingerprint density at radius 2 is 2.08 bits per heavy atom. The smallest absolute Gasteiger partial charge is 0.191 e. The van der Waals surface area contributed by atoms with E-state index in [2.05, 4.69) is 20.6 Å². The summed E-state index contributed by atoms with van der Waals surface area (Å²) in [6, 6.07) is 11.1. The van der Waals surface area contributed by atoms with Crippen molar-refractivity contribution in [3.05, 3.63) is 71.4 Å². The van der Waals surface area contributed by atoms with Gasteiger partial charge in [0.25, 0.3) is 0 Å². The lowest BCUT2D eigenvalue weighted by molar-refractivity contribution is 0.617. The largest absolute Gasteiger partial charge is 0.356 e. The minimum atomic E-state index is -0.182. The van der Waals surface area contributed by atoms with Crippen LogP contribution >= 0.6 is 24.0 Å². The summed E-state index contributed by atoms with van der Waals surface area (Å²) in [5.41, 5.74) is 3.64. The molecule has 5 nitrogen and oxygen atoms in total. The van der Waals surface area contributed by atoms with Gasteiger partial charge in [0.2, 0.25) is 0 Å². The second kappa shape index (κ2) is 9.51. The number of rotatable bonds is 5. The molecule has 2 aromatic heterocycles. The molecule has 0 aliphatic heterocycles. The number of nitrogens with one attached hydrogen (secondary N) is 2. The van der Waals surface area contributed by atoms with Gasteiger partial charge in [0.15, 0.2) is 5.96 Å². The van der Waals surface area contributed by atoms with E-state index in [0.717, 1.165) is 29.9 Å². The monoisotopic (exact) mass is 467 g/mol. The van der Waals surface area contributed by atoms with Crippen LogP contribution in [0.3, 0.4) is 0 Å². The van der Waals surface area contributed by atoms with Crippen LogP contribution in [-0.2, 0) is 13.0 Å². The predicted octanol–water partition coefficient (Wildman–Crippen LogP) is 3.31. The predicted molar refractivity (Wildman–Crippen MR) is 114 cm³/mol. The number of aromatic nitrogens is 2. The van der Waals surface area contributed by atoms with Crippen molar-refractivity contribution in [2.75, 3.05) is 13.6 Å². The Labute approximate surface area is 169 Å². The lowest BCUT2D eigenvalue weighted by Gasteiger charge is -2.12. The van der Waals surface area contributed by atoms with E-state index in [-0.39, 0.29) is 29.8 Å². The Kier molecular flexibility index (Phi) is 7.38. The standard InChI is InChI=1S/C19H22FN5.HI/c1-14-11-15(6-7-17(14)20)12-23-19(21-2)22-9-8-16-13-25-10-4-3-5-18(25)24-16;/h3-7,10-11,13H,8-9,12H2,1-2H3,(H2,21,22,23);1H. The highest BCUT2D eigenvalue weighted by Gasteiger charge is 2.03. The fraction of sp³-hybridized carbons (Fsp3) is 0.263. The molecule has 0 saturated heterocycles. The fourth-order valence-electron chi connectivity index (χ4n) is 2.64. The van der Waals surface area contributed by atoms with Crippen LogP contribution in [0.4, 0.5) is 4.39 Å². The quantitative estimate of drug-likeness (QED) is 0.344. The normalized spacial score (nSPS) is 11.3. The molecule has 0 atom stereocenters. The van der Waals surface area contributed by atoms with Gasteiger partial charge in [0.05, 0.1) is 5.69 Å². The molecule has 0 bridgehead atoms. The number of pyridine rings is 1. The molecule has 2 N–H and O–H groups in total. The molecule has 0 aliphatic carbocycles. The third-order valence-electron chi connectivity index (χ3n) is 3.99. The molecule has 1 aromatic carbocycles. The zero-order valence-corrected chi connectivity index (χ0v) is 17.2. The van der Waals surface area contributed by atoms with Crippen LogP contribution in [0.2, 0.25) is 0 Å². The molecule has 7 heteroatoms. The summed E-state index contributed by atoms with van der Waals surface area (Å²) in [7, 11) is 1.73. The first-order valence-corrected chi connectivity index (χ1v) is 8.28. The molecule has 3 rings (SSSR count). The van der Waals surface area contributed by atoms with Crippen LogP contribution in [0.5, 0.6) is 0 Å². The third kappa shape index (κ3) is 5.17. The Bertz CT molecular complexity index is 858. The van der Waals surface area contributed by atoms with E-state index in [0.29, 0.717) is 18.1 Å². The molecule has 0 saturated carbocycles. The van der Waals surface area contributed by atoms with E-state index >= 15 is 0 Å². The molecule has 26 heavy (non-hydrogen) atoms. The number of fused-ring (bicyclic) bond motifs is 1. The van der Waals surface area contributed by atoms with Crippen molar-refractivity contribution >= 4 is 35.6 Å². The molecule has 3 aromatic rings. The summed E-state index contributed by atoms with van der Waals surface area (Å²) in [6.07, 6.45) is 4.83. The van der Waals surface area contributed by atoms with Crippen LogP contribution in [-0.4, -0.2) is 28.9 Å². The van der Waals surface area contributed by atoms with Crippen LogP contribution in [0.1, 0.15) is 16.8 Å². The van der Waals surface area contributed by atoms with Gasteiger partial charge < -0.3 is 15.0 Å². The average Bonchev–Trinajstić information content (AvgIpc) is 3.03. The molecule has 0 fully saturated rings. The van der Waals surface area contributed by atoms with Crippen molar-refractivity contribution in [2.45, 2.75) is 19.9 Å². The van der Waals surface area contributed by atoms with Gasteiger partial charge in [-0.25, -0.2) is 9.37 Å². The molecule has 0 amide bonds. The maximum atomic E-state index is 13.3. The lowest BCUT2D eigenvalue weighted by atomic mass is 10.1. The summed E-state index contributed by atoms with van der Waals surface area (Å²) in [6.45, 7) is 3.09. The molecular formula is C19H23FIN5. The molecule has 2 heterocycles. The van der Waals surface area contributed by atoms with Crippen molar-refractivity contribution in [1.82, 2.24) is 20.0 Å². The molecule has 138 valence electrons. The molecule has 0 radical (unpaired) electrons. The number of aryl methyl sites for hydroxylation is 1. The zero-order chi connectivity index (χ0) is 17.6. The second-order valence-corrected chi connectivity index (χ2v) is 5.88. The Morgan fingerprint density at radius 3 is 2.81 bits per heavy atom. The summed E-state index contributed by atoms with van der Waals surface area (Å²) in [5, 5.41) is 6.51. The van der Waals surface area contributed by atoms with Crippen LogP contribution in [0, 0.1) is 12.7 Å². The van der Waals surface area contributed by atoms with Gasteiger partial charge in [-0.3, -0.25) is 4.99 Å². The Hall–Kier alpha value is -2.16. The van der Waals surface area contributed by atoms with Gasteiger partial charge >= 0.3 is 0 Å². The van der Waals surface area contributed by atoms with Crippen LogP contribution in [0.15, 0.2) is 53.8 Å². The third-order valence-corrected chi connectivity index (χ3v) is 3.99. The van der Waals surface area contributed by atoms with Crippen molar-refractivity contribution in [3.63, 3.8) is 0 Å². The maximum Gasteiger partial charge on any atom is 0.191 e. The number of guanidine groups is 1. The topological polar surface area (TPSA) is 53.7 Å². The van der Waals surface area contributed by atoms with E-state index in [1.54, 1.807) is 20.0 Å². The van der Waals surface area contributed by atoms with Crippen molar-refractivity contribution in [3.8, 4) is 0 Å². The van der Waals surface area contributed by atoms with Crippen LogP contribution < -0.4 is 10.6 Å². The maximum absolute atomic E-state index is 13.3. The first-order chi connectivity index (χ1) is 12.2. The van der Waals surface area contributed by atoms with Crippen molar-refractivity contribution < 1.29 is 4.39 Å². The van der Waals surface area contributed by atoms with E-state index < -0.39 is 0 Å². The highest BCUT2D eigenvalue weighted by atomic mass is 127. The lowest BCUT2D eigenvalue weighted by Crippen LogP contribution is -2.37. The van der Waals surface area contributed by atoms with E-state index in [9.17, 15) is 4.39 Å². The summed E-state index contributed by atoms with van der Waals surface area (Å²) >= 11 is 0. The number of hydrogen-bond donors (Lipinski definition) is 2. The Balaban J connectivity index is 0.00000243. The van der Waals surface area contributed by atoms with Gasteiger partial charge in [0, 0.05) is 39.0 Å². The number of imidazole rings is 1. The molecule has 0 unspecified atom stereocenters. The van der Waals surface area contributed by atoms with Gasteiger partial charge in [-0.05, 0) is 36.2 Å². The summed E-state index contributed by atoms with van der Waals surface area (Å²) < 4.78 is 15.3. The SMILES string of the molecule is CN=C(NCCc1cn2ccccc2n1)NCc1ccc(F)c(C)c1.I. The van der Waals surface area contributed by atoms with E-state index in [4.69, 9.17) is 0 Å². The number of hydrogen-bond acceptors (Lipinski definition) is 2. The minimum Gasteiger partial charge on any atom is -0.356 e. The van der Waals surface area contributed by atoms with Gasteiger partial charge in [0.1, 0.15) is 11.5 Å². The van der Waals surface area contributed by atoms with E-state index in [1.807, 2.05) is 41.1 Å². The first kappa shape index (κ1) is 20.2. The first-order valence-electron chi connectivity index (χ1n) is 8.28. The highest BCUT2D eigenvalue weighted by molar-refractivity contribution is 14.0. The number of benzene rings is 1. The van der Waals surface area contributed by atoms with Crippen molar-refractivity contribution in [2.24, 2.45) is 4.99 Å². The second-order valence-electron chi connectivity index (χ2n) is 5.88. The fourth-order valence-corrected chi connectivity index (χ4v) is 2.64. The van der Waals surface area contributed by atoms with E-state index in [1.165, 1.54) is 6.07 Å². The molecular weight excluding hydrogens is 444 g/mol. The number of halogens is 2. The minimum absolute atomic E-state index is 0.